The highest BCUT2D eigenvalue weighted by atomic mass is 79.9. The number of aromatic amines is 1. The minimum atomic E-state index is -0.364. The van der Waals surface area contributed by atoms with Gasteiger partial charge in [0.1, 0.15) is 4.83 Å². The van der Waals surface area contributed by atoms with Crippen LogP contribution in [0.4, 0.5) is 5.95 Å². The Labute approximate surface area is 93.1 Å². The molecule has 0 amide bonds. The lowest BCUT2D eigenvalue weighted by Gasteiger charge is -2.04. The first-order valence-corrected chi connectivity index (χ1v) is 5.56. The van der Waals surface area contributed by atoms with Gasteiger partial charge < -0.3 is 10.5 Å². The molecule has 3 N–H and O–H groups in total. The van der Waals surface area contributed by atoms with Gasteiger partial charge in [-0.25, -0.2) is 5.10 Å². The molecule has 0 fully saturated rings. The molecule has 0 spiro atoms. The highest BCUT2D eigenvalue weighted by molar-refractivity contribution is 9.10. The summed E-state index contributed by atoms with van der Waals surface area (Å²) < 4.78 is 4.53. The Balaban J connectivity index is 2.37. The van der Waals surface area contributed by atoms with Gasteiger partial charge >= 0.3 is 5.97 Å². The number of nitrogens with two attached hydrogens (primary N) is 1. The summed E-state index contributed by atoms with van der Waals surface area (Å²) in [7, 11) is 1.34. The van der Waals surface area contributed by atoms with Crippen molar-refractivity contribution in [3.63, 3.8) is 0 Å². The van der Waals surface area contributed by atoms with Crippen molar-refractivity contribution in [2.45, 2.75) is 9.98 Å². The van der Waals surface area contributed by atoms with Crippen molar-refractivity contribution in [3.8, 4) is 0 Å². The SMILES string of the molecule is COC(=O)C(Br)CSc1n[nH]c(N)n1. The Morgan fingerprint density at radius 2 is 2.57 bits per heavy atom. The van der Waals surface area contributed by atoms with E-state index in [-0.39, 0.29) is 16.7 Å². The van der Waals surface area contributed by atoms with Gasteiger partial charge in [0.25, 0.3) is 0 Å². The van der Waals surface area contributed by atoms with Crippen molar-refractivity contribution >= 4 is 39.6 Å². The Bertz CT molecular complexity index is 319. The van der Waals surface area contributed by atoms with Crippen molar-refractivity contribution in [2.24, 2.45) is 0 Å². The van der Waals surface area contributed by atoms with E-state index >= 15 is 0 Å². The Hall–Kier alpha value is -0.760. The third-order valence-electron chi connectivity index (χ3n) is 1.30. The number of carbonyl (C=O) groups excluding carboxylic acids is 1. The molecule has 1 aromatic heterocycles. The highest BCUT2D eigenvalue weighted by Gasteiger charge is 2.16. The van der Waals surface area contributed by atoms with E-state index in [0.29, 0.717) is 10.9 Å². The second-order valence-electron chi connectivity index (χ2n) is 2.30. The summed E-state index contributed by atoms with van der Waals surface area (Å²) >= 11 is 4.49. The van der Waals surface area contributed by atoms with Gasteiger partial charge in [0.05, 0.1) is 7.11 Å². The summed E-state index contributed by atoms with van der Waals surface area (Å²) in [5.41, 5.74) is 5.33. The Morgan fingerprint density at radius 1 is 1.86 bits per heavy atom. The maximum atomic E-state index is 11.0. The molecule has 14 heavy (non-hydrogen) atoms. The lowest BCUT2D eigenvalue weighted by Crippen LogP contribution is -2.17. The largest absolute Gasteiger partial charge is 0.468 e. The van der Waals surface area contributed by atoms with Gasteiger partial charge in [-0.1, -0.05) is 27.7 Å². The maximum Gasteiger partial charge on any atom is 0.320 e. The zero-order chi connectivity index (χ0) is 10.6. The number of thioether (sulfide) groups is 1. The van der Waals surface area contributed by atoms with Crippen LogP contribution in [0.3, 0.4) is 0 Å². The molecule has 78 valence electrons. The third kappa shape index (κ3) is 3.18. The highest BCUT2D eigenvalue weighted by Crippen LogP contribution is 2.17. The predicted octanol–water partition coefficient (Wildman–Crippen LogP) is 0.415. The monoisotopic (exact) mass is 280 g/mol. The Morgan fingerprint density at radius 3 is 3.07 bits per heavy atom. The van der Waals surface area contributed by atoms with Crippen LogP contribution in [0.5, 0.6) is 0 Å². The first-order valence-electron chi connectivity index (χ1n) is 3.66. The molecule has 0 aromatic carbocycles. The molecule has 0 aliphatic heterocycles. The second-order valence-corrected chi connectivity index (χ2v) is 4.40. The molecule has 0 saturated carbocycles. The smallest absolute Gasteiger partial charge is 0.320 e. The first-order chi connectivity index (χ1) is 6.63. The summed E-state index contributed by atoms with van der Waals surface area (Å²) in [6.07, 6.45) is 0. The average molecular weight is 281 g/mol. The fourth-order valence-corrected chi connectivity index (χ4v) is 1.95. The van der Waals surface area contributed by atoms with Crippen LogP contribution in [0.2, 0.25) is 0 Å². The van der Waals surface area contributed by atoms with Crippen molar-refractivity contribution in [1.82, 2.24) is 15.2 Å². The summed E-state index contributed by atoms with van der Waals surface area (Å²) in [5.74, 6) is 0.432. The summed E-state index contributed by atoms with van der Waals surface area (Å²) in [4.78, 5) is 14.5. The number of nitrogens with one attached hydrogen (secondary N) is 1. The number of nitrogen functional groups attached to an aromatic ring is 1. The van der Waals surface area contributed by atoms with E-state index in [4.69, 9.17) is 5.73 Å². The van der Waals surface area contributed by atoms with Gasteiger partial charge in [-0.05, 0) is 0 Å². The van der Waals surface area contributed by atoms with Crippen LogP contribution in [0, 0.1) is 0 Å². The zero-order valence-electron chi connectivity index (χ0n) is 7.36. The van der Waals surface area contributed by atoms with Gasteiger partial charge in [-0.3, -0.25) is 4.79 Å². The normalized spacial score (nSPS) is 12.4. The number of nitrogens with zero attached hydrogens (tertiary/aromatic N) is 2. The van der Waals surface area contributed by atoms with Crippen LogP contribution in [-0.2, 0) is 9.53 Å². The number of methoxy groups -OCH3 is 1. The summed E-state index contributed by atoms with van der Waals surface area (Å²) in [6.45, 7) is 0. The quantitative estimate of drug-likeness (QED) is 0.472. The fraction of sp³-hybridized carbons (Fsp3) is 0.500. The number of anilines is 1. The van der Waals surface area contributed by atoms with Crippen LogP contribution in [0.25, 0.3) is 0 Å². The number of ether oxygens (including phenoxy) is 1. The zero-order valence-corrected chi connectivity index (χ0v) is 9.76. The number of esters is 1. The lowest BCUT2D eigenvalue weighted by molar-refractivity contribution is -0.139. The molecule has 0 aliphatic rings. The van der Waals surface area contributed by atoms with Crippen molar-refractivity contribution < 1.29 is 9.53 Å². The minimum Gasteiger partial charge on any atom is -0.468 e. The topological polar surface area (TPSA) is 93.9 Å². The molecule has 1 rings (SSSR count). The molecule has 6 nitrogen and oxygen atoms in total. The van der Waals surface area contributed by atoms with E-state index in [0.717, 1.165) is 0 Å². The van der Waals surface area contributed by atoms with Gasteiger partial charge in [-0.2, -0.15) is 4.98 Å². The Kier molecular flexibility index (Phi) is 4.21. The van der Waals surface area contributed by atoms with E-state index in [1.54, 1.807) is 0 Å². The molecule has 0 bridgehead atoms. The number of hydrogen-bond donors (Lipinski definition) is 2. The molecule has 1 atom stereocenters. The van der Waals surface area contributed by atoms with Gasteiger partial charge in [0, 0.05) is 5.75 Å². The maximum absolute atomic E-state index is 11.0. The average Bonchev–Trinajstić information content (AvgIpc) is 2.59. The van der Waals surface area contributed by atoms with Crippen molar-refractivity contribution in [1.29, 1.82) is 0 Å². The number of carbonyl (C=O) groups is 1. The molecular formula is C6H9BrN4O2S. The van der Waals surface area contributed by atoms with Crippen molar-refractivity contribution in [2.75, 3.05) is 18.6 Å². The minimum absolute atomic E-state index is 0.261. The molecule has 1 aromatic rings. The second kappa shape index (κ2) is 5.20. The van der Waals surface area contributed by atoms with Gasteiger partial charge in [0.15, 0.2) is 0 Å². The van der Waals surface area contributed by atoms with E-state index in [1.165, 1.54) is 18.9 Å². The van der Waals surface area contributed by atoms with Crippen LogP contribution in [0.1, 0.15) is 0 Å². The molecule has 0 radical (unpaired) electrons. The molecule has 1 heterocycles. The summed E-state index contributed by atoms with van der Waals surface area (Å²) in [5, 5.41) is 6.81. The van der Waals surface area contributed by atoms with Crippen LogP contribution in [-0.4, -0.2) is 38.8 Å². The lowest BCUT2D eigenvalue weighted by atomic mass is 10.5. The van der Waals surface area contributed by atoms with Gasteiger partial charge in [0.2, 0.25) is 11.1 Å². The van der Waals surface area contributed by atoms with E-state index in [2.05, 4.69) is 35.8 Å². The molecule has 0 aliphatic carbocycles. The molecule has 1 unspecified atom stereocenters. The predicted molar refractivity (Wildman–Crippen MR) is 56.3 cm³/mol. The van der Waals surface area contributed by atoms with E-state index < -0.39 is 0 Å². The molecule has 8 heteroatoms. The number of rotatable bonds is 4. The van der Waals surface area contributed by atoms with Crippen LogP contribution >= 0.6 is 27.7 Å². The van der Waals surface area contributed by atoms with Crippen LogP contribution in [0.15, 0.2) is 5.16 Å². The summed E-state index contributed by atoms with van der Waals surface area (Å²) in [6, 6.07) is 0. The number of halogens is 1. The number of aromatic nitrogens is 3. The number of H-pyrrole nitrogens is 1. The molecular weight excluding hydrogens is 272 g/mol. The van der Waals surface area contributed by atoms with E-state index in [1.807, 2.05) is 0 Å². The van der Waals surface area contributed by atoms with Crippen LogP contribution < -0.4 is 5.73 Å². The number of hydrogen-bond acceptors (Lipinski definition) is 6. The van der Waals surface area contributed by atoms with E-state index in [9.17, 15) is 4.79 Å². The standard InChI is InChI=1S/C6H9BrN4O2S/c1-13-4(12)3(7)2-14-6-9-5(8)10-11-6/h3H,2H2,1H3,(H3,8,9,10,11). The van der Waals surface area contributed by atoms with Gasteiger partial charge in [-0.15, -0.1) is 5.10 Å². The molecule has 0 saturated heterocycles. The fourth-order valence-electron chi connectivity index (χ4n) is 0.666. The van der Waals surface area contributed by atoms with Crippen molar-refractivity contribution in [3.05, 3.63) is 0 Å². The third-order valence-corrected chi connectivity index (χ3v) is 3.36. The number of alkyl halides is 1. The first kappa shape index (κ1) is 11.3.